The van der Waals surface area contributed by atoms with Crippen molar-refractivity contribution >= 4 is 11.3 Å². The lowest BCUT2D eigenvalue weighted by atomic mass is 9.76. The summed E-state index contributed by atoms with van der Waals surface area (Å²) in [5, 5.41) is 6.85. The van der Waals surface area contributed by atoms with Gasteiger partial charge in [-0.05, 0) is 39.2 Å². The zero-order valence-corrected chi connectivity index (χ0v) is 10.6. The number of nitrogens with one attached hydrogen (secondary N) is 1. The van der Waals surface area contributed by atoms with Gasteiger partial charge in [0, 0.05) is 17.3 Å². The zero-order chi connectivity index (χ0) is 10.8. The van der Waals surface area contributed by atoms with Gasteiger partial charge in [0.25, 0.3) is 0 Å². The first-order valence-electron chi connectivity index (χ1n) is 5.80. The Kier molecular flexibility index (Phi) is 3.42. The van der Waals surface area contributed by atoms with Gasteiger partial charge in [-0.1, -0.05) is 6.92 Å². The van der Waals surface area contributed by atoms with Crippen molar-refractivity contribution in [2.45, 2.75) is 45.1 Å². The van der Waals surface area contributed by atoms with Gasteiger partial charge in [-0.15, -0.1) is 11.3 Å². The lowest BCUT2D eigenvalue weighted by Gasteiger charge is -2.33. The van der Waals surface area contributed by atoms with Gasteiger partial charge in [0.1, 0.15) is 0 Å². The number of thiazole rings is 1. The van der Waals surface area contributed by atoms with E-state index < -0.39 is 0 Å². The molecule has 1 aromatic heterocycles. The van der Waals surface area contributed by atoms with Gasteiger partial charge in [-0.25, -0.2) is 4.98 Å². The monoisotopic (exact) mass is 224 g/mol. The zero-order valence-electron chi connectivity index (χ0n) is 9.79. The van der Waals surface area contributed by atoms with E-state index in [1.165, 1.54) is 30.0 Å². The van der Waals surface area contributed by atoms with Gasteiger partial charge in [0.05, 0.1) is 10.7 Å². The van der Waals surface area contributed by atoms with E-state index in [1.807, 2.05) is 0 Å². The van der Waals surface area contributed by atoms with Crippen LogP contribution in [0.2, 0.25) is 0 Å². The van der Waals surface area contributed by atoms with Crippen LogP contribution in [0.3, 0.4) is 0 Å². The molecule has 1 aromatic rings. The Hall–Kier alpha value is -0.410. The fourth-order valence-corrected chi connectivity index (χ4v) is 3.22. The molecule has 1 heterocycles. The first-order valence-corrected chi connectivity index (χ1v) is 6.68. The van der Waals surface area contributed by atoms with Crippen molar-refractivity contribution in [3.05, 3.63) is 16.1 Å². The molecular formula is C12H20N2S. The topological polar surface area (TPSA) is 24.9 Å². The van der Waals surface area contributed by atoms with Crippen molar-refractivity contribution in [1.29, 1.82) is 0 Å². The van der Waals surface area contributed by atoms with Crippen molar-refractivity contribution in [2.24, 2.45) is 5.92 Å². The molecule has 0 bridgehead atoms. The molecule has 15 heavy (non-hydrogen) atoms. The Morgan fingerprint density at radius 2 is 2.27 bits per heavy atom. The molecule has 0 spiro atoms. The van der Waals surface area contributed by atoms with Crippen LogP contribution in [0.1, 0.15) is 42.8 Å². The summed E-state index contributed by atoms with van der Waals surface area (Å²) < 4.78 is 0. The van der Waals surface area contributed by atoms with E-state index in [9.17, 15) is 0 Å². The second kappa shape index (κ2) is 4.62. The van der Waals surface area contributed by atoms with E-state index in [0.717, 1.165) is 5.92 Å². The molecule has 0 aromatic carbocycles. The number of hydrogen-bond acceptors (Lipinski definition) is 3. The standard InChI is InChI=1S/C12H20N2S/c1-8-4-5-10(13-3)6-11(8)12-7-15-9(2)14-12/h7-8,10-11,13H,4-6H2,1-3H3. The number of hydrogen-bond donors (Lipinski definition) is 1. The predicted octanol–water partition coefficient (Wildman–Crippen LogP) is 2.94. The average molecular weight is 224 g/mol. The van der Waals surface area contributed by atoms with Gasteiger partial charge in [0.15, 0.2) is 0 Å². The Labute approximate surface area is 96.1 Å². The summed E-state index contributed by atoms with van der Waals surface area (Å²) in [6, 6.07) is 0.688. The van der Waals surface area contributed by atoms with Gasteiger partial charge in [-0.2, -0.15) is 0 Å². The third-order valence-electron chi connectivity index (χ3n) is 3.62. The van der Waals surface area contributed by atoms with E-state index in [0.29, 0.717) is 12.0 Å². The molecular weight excluding hydrogens is 204 g/mol. The Morgan fingerprint density at radius 1 is 1.47 bits per heavy atom. The summed E-state index contributed by atoms with van der Waals surface area (Å²) >= 11 is 1.78. The molecule has 2 nitrogen and oxygen atoms in total. The quantitative estimate of drug-likeness (QED) is 0.835. The predicted molar refractivity (Wildman–Crippen MR) is 65.5 cm³/mol. The van der Waals surface area contributed by atoms with Crippen LogP contribution in [-0.2, 0) is 0 Å². The number of aryl methyl sites for hydroxylation is 1. The maximum absolute atomic E-state index is 4.64. The third-order valence-corrected chi connectivity index (χ3v) is 4.41. The van der Waals surface area contributed by atoms with Gasteiger partial charge in [0.2, 0.25) is 0 Å². The lowest BCUT2D eigenvalue weighted by molar-refractivity contribution is 0.274. The minimum atomic E-state index is 0.668. The van der Waals surface area contributed by atoms with Crippen LogP contribution >= 0.6 is 11.3 Å². The smallest absolute Gasteiger partial charge is 0.0897 e. The summed E-state index contributed by atoms with van der Waals surface area (Å²) in [5.74, 6) is 1.46. The molecule has 0 amide bonds. The molecule has 1 N–H and O–H groups in total. The maximum Gasteiger partial charge on any atom is 0.0897 e. The van der Waals surface area contributed by atoms with Crippen LogP contribution in [-0.4, -0.2) is 18.1 Å². The van der Waals surface area contributed by atoms with Crippen molar-refractivity contribution in [2.75, 3.05) is 7.05 Å². The fourth-order valence-electron chi connectivity index (χ4n) is 2.55. The molecule has 1 aliphatic rings. The normalized spacial score (nSPS) is 31.8. The molecule has 1 aliphatic carbocycles. The molecule has 0 saturated heterocycles. The van der Waals surface area contributed by atoms with Gasteiger partial charge < -0.3 is 5.32 Å². The number of aromatic nitrogens is 1. The molecule has 0 radical (unpaired) electrons. The average Bonchev–Trinajstić information content (AvgIpc) is 2.65. The summed E-state index contributed by atoms with van der Waals surface area (Å²) in [7, 11) is 2.07. The summed E-state index contributed by atoms with van der Waals surface area (Å²) in [4.78, 5) is 4.64. The minimum absolute atomic E-state index is 0.668. The number of rotatable bonds is 2. The van der Waals surface area contributed by atoms with Crippen LogP contribution in [0.15, 0.2) is 5.38 Å². The highest BCUT2D eigenvalue weighted by Crippen LogP contribution is 2.37. The van der Waals surface area contributed by atoms with E-state index in [4.69, 9.17) is 0 Å². The molecule has 1 saturated carbocycles. The SMILES string of the molecule is CNC1CCC(C)C(c2csc(C)n2)C1. The Balaban J connectivity index is 2.12. The van der Waals surface area contributed by atoms with Crippen LogP contribution in [0.25, 0.3) is 0 Å². The molecule has 1 fully saturated rings. The van der Waals surface area contributed by atoms with Crippen molar-refractivity contribution in [3.63, 3.8) is 0 Å². The largest absolute Gasteiger partial charge is 0.317 e. The van der Waals surface area contributed by atoms with Gasteiger partial charge >= 0.3 is 0 Å². The lowest BCUT2D eigenvalue weighted by Crippen LogP contribution is -2.33. The fraction of sp³-hybridized carbons (Fsp3) is 0.750. The van der Waals surface area contributed by atoms with Gasteiger partial charge in [-0.3, -0.25) is 0 Å². The molecule has 3 unspecified atom stereocenters. The highest BCUT2D eigenvalue weighted by molar-refractivity contribution is 7.09. The van der Waals surface area contributed by atoms with Crippen molar-refractivity contribution < 1.29 is 0 Å². The highest BCUT2D eigenvalue weighted by atomic mass is 32.1. The van der Waals surface area contributed by atoms with E-state index in [-0.39, 0.29) is 0 Å². The molecule has 84 valence electrons. The Morgan fingerprint density at radius 3 is 2.87 bits per heavy atom. The number of nitrogens with zero attached hydrogens (tertiary/aromatic N) is 1. The van der Waals surface area contributed by atoms with Crippen molar-refractivity contribution in [3.8, 4) is 0 Å². The van der Waals surface area contributed by atoms with Crippen LogP contribution in [0.4, 0.5) is 0 Å². The Bertz CT molecular complexity index is 321. The third kappa shape index (κ3) is 2.40. The first kappa shape index (κ1) is 11.1. The molecule has 3 atom stereocenters. The van der Waals surface area contributed by atoms with E-state index in [2.05, 4.69) is 36.6 Å². The maximum atomic E-state index is 4.64. The van der Waals surface area contributed by atoms with Crippen LogP contribution in [0.5, 0.6) is 0 Å². The minimum Gasteiger partial charge on any atom is -0.317 e. The molecule has 2 rings (SSSR count). The second-order valence-corrected chi connectivity index (χ2v) is 5.74. The first-order chi connectivity index (χ1) is 7.20. The summed E-state index contributed by atoms with van der Waals surface area (Å²) in [5.41, 5.74) is 1.32. The second-order valence-electron chi connectivity index (χ2n) is 4.67. The highest BCUT2D eigenvalue weighted by Gasteiger charge is 2.29. The van der Waals surface area contributed by atoms with E-state index >= 15 is 0 Å². The summed E-state index contributed by atoms with van der Waals surface area (Å²) in [6.45, 7) is 4.46. The van der Waals surface area contributed by atoms with E-state index in [1.54, 1.807) is 11.3 Å². The van der Waals surface area contributed by atoms with Crippen molar-refractivity contribution in [1.82, 2.24) is 10.3 Å². The summed E-state index contributed by atoms with van der Waals surface area (Å²) in [6.07, 6.45) is 3.89. The van der Waals surface area contributed by atoms with Crippen LogP contribution < -0.4 is 5.32 Å². The van der Waals surface area contributed by atoms with Crippen LogP contribution in [0, 0.1) is 12.8 Å². The molecule has 3 heteroatoms. The molecule has 0 aliphatic heterocycles.